The molecule has 128 valence electrons. The smallest absolute Gasteiger partial charge is 0.252 e. The average Bonchev–Trinajstić information content (AvgIpc) is 3.09. The highest BCUT2D eigenvalue weighted by atomic mass is 35.5. The number of primary amides is 1. The Morgan fingerprint density at radius 2 is 1.88 bits per heavy atom. The highest BCUT2D eigenvalue weighted by Gasteiger charge is 2.15. The highest BCUT2D eigenvalue weighted by molar-refractivity contribution is 7.21. The van der Waals surface area contributed by atoms with Crippen LogP contribution in [-0.4, -0.2) is 15.9 Å². The minimum absolute atomic E-state index is 0.197. The number of rotatable bonds is 4. The third-order valence-corrected chi connectivity index (χ3v) is 5.09. The lowest BCUT2D eigenvalue weighted by Gasteiger charge is -2.09. The Hall–Kier alpha value is -2.96. The van der Waals surface area contributed by atoms with Crippen LogP contribution in [0.25, 0.3) is 20.7 Å². The lowest BCUT2D eigenvalue weighted by atomic mass is 10.2. The van der Waals surface area contributed by atoms with Gasteiger partial charge < -0.3 is 10.5 Å². The van der Waals surface area contributed by atoms with Gasteiger partial charge in [0, 0.05) is 9.90 Å². The molecule has 0 saturated carbocycles. The van der Waals surface area contributed by atoms with Crippen molar-refractivity contribution in [3.8, 4) is 22.1 Å². The predicted octanol–water partition coefficient (Wildman–Crippen LogP) is 4.90. The summed E-state index contributed by atoms with van der Waals surface area (Å²) in [5.74, 6) is 0.0377. The Morgan fingerprint density at radius 3 is 2.65 bits per heavy atom. The van der Waals surface area contributed by atoms with Crippen LogP contribution in [0.1, 0.15) is 10.4 Å². The van der Waals surface area contributed by atoms with Crippen molar-refractivity contribution in [1.29, 1.82) is 0 Å². The van der Waals surface area contributed by atoms with Crippen molar-refractivity contribution in [3.05, 3.63) is 71.5 Å². The van der Waals surface area contributed by atoms with Gasteiger partial charge >= 0.3 is 0 Å². The first kappa shape index (κ1) is 16.5. The molecule has 1 amide bonds. The van der Waals surface area contributed by atoms with E-state index in [4.69, 9.17) is 22.1 Å². The van der Waals surface area contributed by atoms with Crippen molar-refractivity contribution in [1.82, 2.24) is 9.97 Å². The molecule has 0 aliphatic heterocycles. The first-order valence-corrected chi connectivity index (χ1v) is 8.88. The van der Waals surface area contributed by atoms with E-state index in [1.54, 1.807) is 23.5 Å². The number of amides is 1. The van der Waals surface area contributed by atoms with Gasteiger partial charge in [0.15, 0.2) is 0 Å². The van der Waals surface area contributed by atoms with E-state index < -0.39 is 5.91 Å². The van der Waals surface area contributed by atoms with E-state index >= 15 is 0 Å². The van der Waals surface area contributed by atoms with E-state index in [-0.39, 0.29) is 5.56 Å². The van der Waals surface area contributed by atoms with Gasteiger partial charge in [0.25, 0.3) is 5.91 Å². The molecule has 2 aromatic carbocycles. The Labute approximate surface area is 158 Å². The van der Waals surface area contributed by atoms with Crippen molar-refractivity contribution in [2.45, 2.75) is 0 Å². The van der Waals surface area contributed by atoms with E-state index in [2.05, 4.69) is 9.97 Å². The van der Waals surface area contributed by atoms with Gasteiger partial charge in [-0.2, -0.15) is 0 Å². The van der Waals surface area contributed by atoms with Crippen molar-refractivity contribution in [2.24, 2.45) is 5.73 Å². The lowest BCUT2D eigenvalue weighted by molar-refractivity contribution is 0.0998. The summed E-state index contributed by atoms with van der Waals surface area (Å²) < 4.78 is 5.88. The summed E-state index contributed by atoms with van der Waals surface area (Å²) in [7, 11) is 0. The minimum Gasteiger partial charge on any atom is -0.437 e. The SMILES string of the molecule is NC(=O)c1cc(Cl)ccc1Oc1ncnc2sc(-c3ccccc3)cc12. The number of hydrogen-bond donors (Lipinski definition) is 1. The zero-order chi connectivity index (χ0) is 18.1. The topological polar surface area (TPSA) is 78.1 Å². The van der Waals surface area contributed by atoms with Gasteiger partial charge in [-0.3, -0.25) is 4.79 Å². The molecule has 2 heterocycles. The first-order valence-electron chi connectivity index (χ1n) is 7.69. The van der Waals surface area contributed by atoms with E-state index in [1.165, 1.54) is 12.4 Å². The normalized spacial score (nSPS) is 10.8. The number of thiophene rings is 1. The molecule has 26 heavy (non-hydrogen) atoms. The second-order valence-electron chi connectivity index (χ2n) is 5.48. The Bertz CT molecular complexity index is 1110. The first-order chi connectivity index (χ1) is 12.6. The van der Waals surface area contributed by atoms with E-state index in [9.17, 15) is 4.79 Å². The van der Waals surface area contributed by atoms with Crippen LogP contribution in [0, 0.1) is 0 Å². The molecule has 0 aliphatic carbocycles. The predicted molar refractivity (Wildman–Crippen MR) is 103 cm³/mol. The average molecular weight is 382 g/mol. The van der Waals surface area contributed by atoms with Gasteiger partial charge in [0.1, 0.15) is 16.9 Å². The number of carbonyl (C=O) groups is 1. The number of hydrogen-bond acceptors (Lipinski definition) is 5. The molecule has 0 fully saturated rings. The van der Waals surface area contributed by atoms with Gasteiger partial charge in [-0.05, 0) is 29.8 Å². The molecular formula is C19H12ClN3O2S. The monoisotopic (exact) mass is 381 g/mol. The lowest BCUT2D eigenvalue weighted by Crippen LogP contribution is -2.12. The molecule has 5 nitrogen and oxygen atoms in total. The molecule has 2 N–H and O–H groups in total. The molecule has 0 atom stereocenters. The molecule has 7 heteroatoms. The van der Waals surface area contributed by atoms with Gasteiger partial charge in [0.2, 0.25) is 5.88 Å². The summed E-state index contributed by atoms with van der Waals surface area (Å²) in [4.78, 5) is 22.1. The fourth-order valence-corrected chi connectivity index (χ4v) is 3.71. The summed E-state index contributed by atoms with van der Waals surface area (Å²) in [5, 5.41) is 1.17. The van der Waals surface area contributed by atoms with Gasteiger partial charge in [-0.25, -0.2) is 9.97 Å². The summed E-state index contributed by atoms with van der Waals surface area (Å²) in [5.41, 5.74) is 6.71. The van der Waals surface area contributed by atoms with E-state index in [1.807, 2.05) is 36.4 Å². The molecule has 2 aromatic heterocycles. The molecule has 0 aliphatic rings. The number of fused-ring (bicyclic) bond motifs is 1. The van der Waals surface area contributed by atoms with Crippen LogP contribution < -0.4 is 10.5 Å². The maximum atomic E-state index is 11.7. The molecule has 4 rings (SSSR count). The van der Waals surface area contributed by atoms with Crippen LogP contribution in [0.3, 0.4) is 0 Å². The zero-order valence-electron chi connectivity index (χ0n) is 13.3. The molecule has 0 unspecified atom stereocenters. The van der Waals surface area contributed by atoms with Crippen LogP contribution in [0.4, 0.5) is 0 Å². The number of halogens is 1. The number of carbonyl (C=O) groups excluding carboxylic acids is 1. The molecule has 0 spiro atoms. The van der Waals surface area contributed by atoms with E-state index in [0.717, 1.165) is 20.7 Å². The number of ether oxygens (including phenoxy) is 1. The van der Waals surface area contributed by atoms with Gasteiger partial charge in [-0.1, -0.05) is 41.9 Å². The molecular weight excluding hydrogens is 370 g/mol. The third kappa shape index (κ3) is 3.12. The summed E-state index contributed by atoms with van der Waals surface area (Å²) in [6, 6.07) is 16.7. The van der Waals surface area contributed by atoms with Crippen LogP contribution >= 0.6 is 22.9 Å². The summed E-state index contributed by atoms with van der Waals surface area (Å²) in [6.45, 7) is 0. The molecule has 0 saturated heterocycles. The molecule has 0 bridgehead atoms. The Morgan fingerprint density at radius 1 is 1.08 bits per heavy atom. The summed E-state index contributed by atoms with van der Waals surface area (Å²) >= 11 is 7.49. The standard InChI is InChI=1S/C19H12ClN3O2S/c20-12-6-7-15(13(8-12)17(21)24)25-18-14-9-16(11-4-2-1-3-5-11)26-19(14)23-10-22-18/h1-10H,(H2,21,24). The fraction of sp³-hybridized carbons (Fsp3) is 0. The zero-order valence-corrected chi connectivity index (χ0v) is 14.9. The van der Waals surface area contributed by atoms with Crippen molar-refractivity contribution in [3.63, 3.8) is 0 Å². The van der Waals surface area contributed by atoms with Gasteiger partial charge in [-0.15, -0.1) is 11.3 Å². The Balaban J connectivity index is 1.79. The quantitative estimate of drug-likeness (QED) is 0.545. The second kappa shape index (κ2) is 6.74. The number of nitrogens with two attached hydrogens (primary N) is 1. The maximum Gasteiger partial charge on any atom is 0.252 e. The van der Waals surface area contributed by atoms with Crippen molar-refractivity contribution < 1.29 is 9.53 Å². The highest BCUT2D eigenvalue weighted by Crippen LogP contribution is 2.37. The number of nitrogens with zero attached hydrogens (tertiary/aromatic N) is 2. The maximum absolute atomic E-state index is 11.7. The van der Waals surface area contributed by atoms with Crippen molar-refractivity contribution >= 4 is 39.1 Å². The molecule has 0 radical (unpaired) electrons. The second-order valence-corrected chi connectivity index (χ2v) is 6.95. The van der Waals surface area contributed by atoms with Crippen LogP contribution in [0.2, 0.25) is 5.02 Å². The largest absolute Gasteiger partial charge is 0.437 e. The van der Waals surface area contributed by atoms with Crippen molar-refractivity contribution in [2.75, 3.05) is 0 Å². The Kier molecular flexibility index (Phi) is 4.28. The van der Waals surface area contributed by atoms with Gasteiger partial charge in [0.05, 0.1) is 10.9 Å². The minimum atomic E-state index is -0.622. The third-order valence-electron chi connectivity index (χ3n) is 3.76. The van der Waals surface area contributed by atoms with E-state index in [0.29, 0.717) is 16.7 Å². The van der Waals surface area contributed by atoms with Crippen LogP contribution in [-0.2, 0) is 0 Å². The molecule has 4 aromatic rings. The fourth-order valence-electron chi connectivity index (χ4n) is 2.55. The number of aromatic nitrogens is 2. The van der Waals surface area contributed by atoms with Crippen LogP contribution in [0.15, 0.2) is 60.9 Å². The number of benzene rings is 2. The summed E-state index contributed by atoms with van der Waals surface area (Å²) in [6.07, 6.45) is 1.43. The van der Waals surface area contributed by atoms with Crippen LogP contribution in [0.5, 0.6) is 11.6 Å².